The number of carbonyl (C=O) groups excluding carboxylic acids is 3. The van der Waals surface area contributed by atoms with Crippen LogP contribution in [0.3, 0.4) is 0 Å². The Morgan fingerprint density at radius 1 is 0.949 bits per heavy atom. The predicted molar refractivity (Wildman–Crippen MR) is 229 cm³/mol. The van der Waals surface area contributed by atoms with Gasteiger partial charge in [0.2, 0.25) is 0 Å². The summed E-state index contributed by atoms with van der Waals surface area (Å²) in [4.78, 5) is 42.4. The van der Waals surface area contributed by atoms with Crippen LogP contribution in [0, 0.1) is 5.92 Å². The summed E-state index contributed by atoms with van der Waals surface area (Å²) in [6, 6.07) is 32.7. The van der Waals surface area contributed by atoms with Crippen molar-refractivity contribution in [2.24, 2.45) is 5.92 Å². The maximum atomic E-state index is 15.3. The number of aliphatic hydroxyl groups is 1. The van der Waals surface area contributed by atoms with Gasteiger partial charge in [-0.25, -0.2) is 0 Å². The SMILES string of the molecule is COC(=O)CCCCN1C(=O)[C@]2(O[C@H](CCn3cc(C(CO)c4ccccc4)nn3)[C@@H]([Si](C)(C)c3ccc(OC)cc3)[C@@H]2C)c2cc(NC(=O)c3ccccc3)ccc21. The van der Waals surface area contributed by atoms with E-state index in [4.69, 9.17) is 14.2 Å². The molecule has 7 rings (SSSR count). The van der Waals surface area contributed by atoms with Crippen LogP contribution in [0.2, 0.25) is 18.6 Å². The third-order valence-electron chi connectivity index (χ3n) is 12.3. The Morgan fingerprint density at radius 2 is 1.66 bits per heavy atom. The number of anilines is 2. The molecule has 12 nitrogen and oxygen atoms in total. The first-order valence-electron chi connectivity index (χ1n) is 20.3. The highest BCUT2D eigenvalue weighted by Crippen LogP contribution is 2.60. The Bertz CT molecular complexity index is 2250. The second-order valence-electron chi connectivity index (χ2n) is 16.0. The summed E-state index contributed by atoms with van der Waals surface area (Å²) < 4.78 is 19.5. The quantitative estimate of drug-likeness (QED) is 0.0635. The number of fused-ring (bicyclic) bond motifs is 2. The fourth-order valence-corrected chi connectivity index (χ4v) is 13.3. The van der Waals surface area contributed by atoms with Crippen LogP contribution < -0.4 is 20.1 Å². The van der Waals surface area contributed by atoms with E-state index in [-0.39, 0.29) is 54.3 Å². The number of carbonyl (C=O) groups is 3. The molecule has 308 valence electrons. The summed E-state index contributed by atoms with van der Waals surface area (Å²) >= 11 is 0. The molecule has 0 aliphatic carbocycles. The Hall–Kier alpha value is -5.63. The number of hydrogen-bond donors (Lipinski definition) is 2. The van der Waals surface area contributed by atoms with Gasteiger partial charge in [-0.1, -0.05) is 91.1 Å². The van der Waals surface area contributed by atoms with Crippen molar-refractivity contribution in [1.29, 1.82) is 0 Å². The van der Waals surface area contributed by atoms with E-state index in [0.29, 0.717) is 49.3 Å². The maximum absolute atomic E-state index is 15.3. The molecule has 13 heteroatoms. The zero-order valence-corrected chi connectivity index (χ0v) is 35.3. The first-order chi connectivity index (χ1) is 28.5. The Balaban J connectivity index is 1.26. The van der Waals surface area contributed by atoms with E-state index in [0.717, 1.165) is 22.6 Å². The summed E-state index contributed by atoms with van der Waals surface area (Å²) in [5.41, 5.74) is 2.79. The van der Waals surface area contributed by atoms with Crippen LogP contribution in [-0.4, -0.2) is 79.4 Å². The van der Waals surface area contributed by atoms with Gasteiger partial charge >= 0.3 is 5.97 Å². The second kappa shape index (κ2) is 17.7. The van der Waals surface area contributed by atoms with Crippen molar-refractivity contribution in [3.05, 3.63) is 132 Å². The number of hydrogen-bond acceptors (Lipinski definition) is 9. The van der Waals surface area contributed by atoms with Gasteiger partial charge < -0.3 is 29.5 Å². The number of aromatic nitrogens is 3. The van der Waals surface area contributed by atoms with Crippen molar-refractivity contribution < 1.29 is 33.7 Å². The van der Waals surface area contributed by atoms with Crippen LogP contribution >= 0.6 is 0 Å². The average molecular weight is 816 g/mol. The Kier molecular flexibility index (Phi) is 12.5. The van der Waals surface area contributed by atoms with E-state index in [2.05, 4.69) is 47.8 Å². The number of esters is 1. The molecule has 0 bridgehead atoms. The number of ether oxygens (including phenoxy) is 3. The highest BCUT2D eigenvalue weighted by Gasteiger charge is 2.66. The lowest BCUT2D eigenvalue weighted by atomic mass is 9.82. The number of aryl methyl sites for hydroxylation is 1. The van der Waals surface area contributed by atoms with Crippen molar-refractivity contribution in [2.75, 3.05) is 37.6 Å². The second-order valence-corrected chi connectivity index (χ2v) is 20.7. The molecule has 0 radical (unpaired) electrons. The predicted octanol–water partition coefficient (Wildman–Crippen LogP) is 6.66. The standard InChI is InChI=1S/C46H53N5O7Si/c1-31-43(59(4,5)36-22-20-35(56-2)21-23-36)41(25-27-50-29-39(48-49-50)37(30-52)32-14-8-6-9-15-32)58-46(31)38-28-34(47-44(54)33-16-10-7-11-17-33)19-24-40(38)51(45(46)55)26-13-12-18-42(53)57-3/h6-11,14-17,19-24,28-29,31,37,41,43,52H,12-13,18,25-27,30H2,1-5H3,(H,47,54)/t31-,37?,41+,43-,46+/m0/s1. The van der Waals surface area contributed by atoms with E-state index < -0.39 is 13.7 Å². The molecule has 5 atom stereocenters. The smallest absolute Gasteiger partial charge is 0.305 e. The molecule has 1 saturated heterocycles. The first kappa shape index (κ1) is 41.5. The van der Waals surface area contributed by atoms with Gasteiger partial charge in [0, 0.05) is 48.4 Å². The number of rotatable bonds is 16. The molecule has 1 fully saturated rings. The van der Waals surface area contributed by atoms with E-state index in [1.807, 2.05) is 85.1 Å². The lowest BCUT2D eigenvalue weighted by Crippen LogP contribution is -2.52. The Labute approximate surface area is 346 Å². The molecule has 1 unspecified atom stereocenters. The molecule has 0 saturated carbocycles. The monoisotopic (exact) mass is 815 g/mol. The van der Waals surface area contributed by atoms with Gasteiger partial charge in [-0.15, -0.1) is 5.10 Å². The molecular weight excluding hydrogens is 763 g/mol. The minimum absolute atomic E-state index is 0.0352. The lowest BCUT2D eigenvalue weighted by Gasteiger charge is -2.37. The minimum atomic E-state index is -2.46. The van der Waals surface area contributed by atoms with Gasteiger partial charge in [-0.3, -0.25) is 19.1 Å². The van der Waals surface area contributed by atoms with E-state index in [1.54, 1.807) is 28.8 Å². The van der Waals surface area contributed by atoms with Gasteiger partial charge in [0.25, 0.3) is 11.8 Å². The zero-order valence-electron chi connectivity index (χ0n) is 34.3. The molecule has 59 heavy (non-hydrogen) atoms. The fraction of sp³-hybridized carbons (Fsp3) is 0.370. The van der Waals surface area contributed by atoms with E-state index >= 15 is 4.79 Å². The number of methoxy groups -OCH3 is 2. The number of benzene rings is 4. The van der Waals surface area contributed by atoms with Gasteiger partial charge in [0.1, 0.15) is 5.75 Å². The molecule has 2 aliphatic rings. The van der Waals surface area contributed by atoms with Gasteiger partial charge in [0.15, 0.2) is 5.60 Å². The van der Waals surface area contributed by atoms with E-state index in [1.165, 1.54) is 12.3 Å². The summed E-state index contributed by atoms with van der Waals surface area (Å²) in [6.45, 7) is 7.58. The Morgan fingerprint density at radius 3 is 2.34 bits per heavy atom. The molecule has 2 aliphatic heterocycles. The van der Waals surface area contributed by atoms with Crippen molar-refractivity contribution >= 4 is 42.4 Å². The molecule has 2 N–H and O–H groups in total. The van der Waals surface area contributed by atoms with Crippen molar-refractivity contribution in [1.82, 2.24) is 15.0 Å². The van der Waals surface area contributed by atoms with Crippen molar-refractivity contribution in [3.63, 3.8) is 0 Å². The van der Waals surface area contributed by atoms with Crippen LogP contribution in [0.15, 0.2) is 109 Å². The lowest BCUT2D eigenvalue weighted by molar-refractivity contribution is -0.146. The third kappa shape index (κ3) is 8.19. The molecule has 1 spiro atoms. The molecule has 1 aromatic heterocycles. The van der Waals surface area contributed by atoms with Crippen LogP contribution in [-0.2, 0) is 31.2 Å². The molecule has 5 aromatic rings. The minimum Gasteiger partial charge on any atom is -0.497 e. The number of unbranched alkanes of at least 4 members (excludes halogenated alkanes) is 1. The largest absolute Gasteiger partial charge is 0.497 e. The molecule has 2 amide bonds. The zero-order chi connectivity index (χ0) is 41.7. The van der Waals surface area contributed by atoms with Crippen LogP contribution in [0.5, 0.6) is 5.75 Å². The number of nitrogens with zero attached hydrogens (tertiary/aromatic N) is 4. The van der Waals surface area contributed by atoms with E-state index in [9.17, 15) is 14.7 Å². The van der Waals surface area contributed by atoms with Gasteiger partial charge in [-0.05, 0) is 72.8 Å². The highest BCUT2D eigenvalue weighted by atomic mass is 28.3. The summed E-state index contributed by atoms with van der Waals surface area (Å²) in [7, 11) is 0.574. The number of amides is 2. The van der Waals surface area contributed by atoms with Crippen molar-refractivity contribution in [3.8, 4) is 5.75 Å². The first-order valence-corrected chi connectivity index (χ1v) is 23.4. The summed E-state index contributed by atoms with van der Waals surface area (Å²) in [6.07, 6.45) is 3.48. The van der Waals surface area contributed by atoms with Gasteiger partial charge in [0.05, 0.1) is 52.3 Å². The maximum Gasteiger partial charge on any atom is 0.305 e. The average Bonchev–Trinajstić information content (AvgIpc) is 3.92. The summed E-state index contributed by atoms with van der Waals surface area (Å²) in [5, 5.41) is 23.6. The van der Waals surface area contributed by atoms with Gasteiger partial charge in [-0.2, -0.15) is 0 Å². The van der Waals surface area contributed by atoms with Crippen LogP contribution in [0.25, 0.3) is 0 Å². The highest BCUT2D eigenvalue weighted by molar-refractivity contribution is 6.91. The van der Waals surface area contributed by atoms with Crippen LogP contribution in [0.4, 0.5) is 11.4 Å². The summed E-state index contributed by atoms with van der Waals surface area (Å²) in [5.74, 6) is -0.499. The normalized spacial score (nSPS) is 20.4. The third-order valence-corrected chi connectivity index (χ3v) is 16.7. The molecule has 3 heterocycles. The molecule has 4 aromatic carbocycles. The topological polar surface area (TPSA) is 145 Å². The van der Waals surface area contributed by atoms with Crippen molar-refractivity contribution in [2.45, 2.75) is 75.4 Å². The number of aliphatic hydroxyl groups excluding tert-OH is 1. The molecular formula is C46H53N5O7Si. The fourth-order valence-electron chi connectivity index (χ4n) is 9.21. The number of nitrogens with one attached hydrogen (secondary N) is 1. The van der Waals surface area contributed by atoms with Crippen LogP contribution in [0.1, 0.15) is 65.7 Å².